The number of ether oxygens (including phenoxy) is 1. The Hall–Kier alpha value is -3.97. The fourth-order valence-corrected chi connectivity index (χ4v) is 4.22. The van der Waals surface area contributed by atoms with Crippen LogP contribution in [0.4, 0.5) is 4.39 Å². The van der Waals surface area contributed by atoms with Crippen molar-refractivity contribution in [2.24, 2.45) is 0 Å². The van der Waals surface area contributed by atoms with Crippen molar-refractivity contribution in [3.63, 3.8) is 0 Å². The number of methoxy groups -OCH3 is 1. The van der Waals surface area contributed by atoms with E-state index in [2.05, 4.69) is 4.74 Å². The maximum atomic E-state index is 14.3. The summed E-state index contributed by atoms with van der Waals surface area (Å²) in [5.41, 5.74) is 0.494. The van der Waals surface area contributed by atoms with E-state index in [-0.39, 0.29) is 29.1 Å². The molecule has 0 aliphatic heterocycles. The lowest BCUT2D eigenvalue weighted by Gasteiger charge is -2.23. The molecule has 0 saturated heterocycles. The fourth-order valence-electron chi connectivity index (χ4n) is 3.99. The molecular formula is C27H22ClFN2O4. The molecule has 6 nitrogen and oxygen atoms in total. The summed E-state index contributed by atoms with van der Waals surface area (Å²) in [6.07, 6.45) is 1.22. The molecule has 4 rings (SSSR count). The number of hydrogen-bond acceptors (Lipinski definition) is 4. The van der Waals surface area contributed by atoms with Gasteiger partial charge in [-0.15, -0.1) is 0 Å². The molecule has 8 heteroatoms. The van der Waals surface area contributed by atoms with Crippen LogP contribution in [0.1, 0.15) is 23.6 Å². The Labute approximate surface area is 205 Å². The van der Waals surface area contributed by atoms with E-state index in [4.69, 9.17) is 11.6 Å². The van der Waals surface area contributed by atoms with Gasteiger partial charge < -0.3 is 4.74 Å². The summed E-state index contributed by atoms with van der Waals surface area (Å²) in [5.74, 6) is -1.26. The summed E-state index contributed by atoms with van der Waals surface area (Å²) < 4.78 is 21.4. The van der Waals surface area contributed by atoms with E-state index < -0.39 is 29.1 Å². The van der Waals surface area contributed by atoms with E-state index in [0.717, 1.165) is 15.7 Å². The highest BCUT2D eigenvalue weighted by atomic mass is 35.5. The highest BCUT2D eigenvalue weighted by molar-refractivity contribution is 6.33. The summed E-state index contributed by atoms with van der Waals surface area (Å²) in [6, 6.07) is 22.2. The topological polar surface area (TPSA) is 70.3 Å². The Bertz CT molecular complexity index is 1430. The molecule has 0 bridgehead atoms. The molecule has 3 aromatic carbocycles. The average molecular weight is 493 g/mol. The van der Waals surface area contributed by atoms with Crippen molar-refractivity contribution in [1.82, 2.24) is 9.13 Å². The Morgan fingerprint density at radius 2 is 1.51 bits per heavy atom. The van der Waals surface area contributed by atoms with Gasteiger partial charge in [0, 0.05) is 18.3 Å². The second-order valence-electron chi connectivity index (χ2n) is 7.84. The Balaban J connectivity index is 2.03. The molecule has 0 N–H and O–H groups in total. The predicted octanol–water partition coefficient (Wildman–Crippen LogP) is 4.67. The first-order valence-corrected chi connectivity index (χ1v) is 11.3. The van der Waals surface area contributed by atoms with E-state index in [1.54, 1.807) is 0 Å². The molecule has 0 amide bonds. The molecule has 1 heterocycles. The summed E-state index contributed by atoms with van der Waals surface area (Å²) >= 11 is 6.22. The second kappa shape index (κ2) is 10.5. The molecule has 0 fully saturated rings. The third kappa shape index (κ3) is 4.95. The van der Waals surface area contributed by atoms with Crippen molar-refractivity contribution in [2.75, 3.05) is 7.11 Å². The third-order valence-corrected chi connectivity index (χ3v) is 6.10. The molecular weight excluding hydrogens is 471 g/mol. The van der Waals surface area contributed by atoms with E-state index in [9.17, 15) is 18.8 Å². The molecule has 0 unspecified atom stereocenters. The fraction of sp³-hybridized carbons (Fsp3) is 0.148. The molecule has 35 heavy (non-hydrogen) atoms. The minimum atomic E-state index is -0.690. The van der Waals surface area contributed by atoms with Crippen molar-refractivity contribution in [2.45, 2.75) is 19.0 Å². The van der Waals surface area contributed by atoms with Crippen LogP contribution in [-0.4, -0.2) is 22.2 Å². The molecule has 0 aliphatic rings. The Morgan fingerprint density at radius 1 is 0.914 bits per heavy atom. The van der Waals surface area contributed by atoms with Crippen LogP contribution in [0, 0.1) is 5.82 Å². The second-order valence-corrected chi connectivity index (χ2v) is 8.22. The van der Waals surface area contributed by atoms with Crippen LogP contribution in [0.25, 0.3) is 11.1 Å². The first kappa shape index (κ1) is 24.2. The lowest BCUT2D eigenvalue weighted by Crippen LogP contribution is -2.42. The van der Waals surface area contributed by atoms with Gasteiger partial charge in [0.25, 0.3) is 5.56 Å². The maximum Gasteiger partial charge on any atom is 0.331 e. The van der Waals surface area contributed by atoms with Gasteiger partial charge in [-0.05, 0) is 17.2 Å². The average Bonchev–Trinajstić information content (AvgIpc) is 2.88. The van der Waals surface area contributed by atoms with Gasteiger partial charge in [0.2, 0.25) is 0 Å². The van der Waals surface area contributed by atoms with Crippen molar-refractivity contribution in [3.8, 4) is 11.1 Å². The Morgan fingerprint density at radius 3 is 2.09 bits per heavy atom. The normalized spacial score (nSPS) is 11.0. The first-order valence-electron chi connectivity index (χ1n) is 10.9. The number of rotatable bonds is 7. The zero-order valence-electron chi connectivity index (χ0n) is 18.9. The van der Waals surface area contributed by atoms with Crippen LogP contribution in [0.3, 0.4) is 0 Å². The minimum absolute atomic E-state index is 0.0378. The number of halogens is 2. The number of carbonyl (C=O) groups excluding carboxylic acids is 1. The first-order chi connectivity index (χ1) is 16.9. The maximum absolute atomic E-state index is 14.3. The molecule has 0 atom stereocenters. The molecule has 4 aromatic rings. The molecule has 178 valence electrons. The van der Waals surface area contributed by atoms with Crippen LogP contribution in [0.5, 0.6) is 0 Å². The van der Waals surface area contributed by atoms with Gasteiger partial charge >= 0.3 is 11.7 Å². The smallest absolute Gasteiger partial charge is 0.331 e. The summed E-state index contributed by atoms with van der Waals surface area (Å²) in [6.45, 7) is -0.207. The predicted molar refractivity (Wildman–Crippen MR) is 132 cm³/mol. The lowest BCUT2D eigenvalue weighted by molar-refractivity contribution is -0.140. The molecule has 0 saturated carbocycles. The van der Waals surface area contributed by atoms with Gasteiger partial charge in [-0.25, -0.2) is 9.18 Å². The number of esters is 1. The van der Waals surface area contributed by atoms with E-state index >= 15 is 0 Å². The van der Waals surface area contributed by atoms with Gasteiger partial charge in [0.15, 0.2) is 0 Å². The standard InChI is InChI=1S/C27H22ClFN2O4/c1-35-23(32)15-16-30-26(33)21(20-13-8-14-22(29)24(20)28)17-31(27(30)34)25(18-9-4-2-5-10-18)19-11-6-3-7-12-19/h2-14,17,25H,15-16H2,1H3. The molecule has 1 aromatic heterocycles. The number of hydrogen-bond donors (Lipinski definition) is 0. The quantitative estimate of drug-likeness (QED) is 0.351. The number of benzene rings is 3. The van der Waals surface area contributed by atoms with Crippen molar-refractivity contribution in [1.29, 1.82) is 0 Å². The summed E-state index contributed by atoms with van der Waals surface area (Å²) in [4.78, 5) is 38.9. The molecule has 0 radical (unpaired) electrons. The number of carbonyl (C=O) groups is 1. The Kier molecular flexibility index (Phi) is 7.27. The van der Waals surface area contributed by atoms with Crippen LogP contribution < -0.4 is 11.2 Å². The molecule has 0 spiro atoms. The lowest BCUT2D eigenvalue weighted by atomic mass is 9.98. The SMILES string of the molecule is COC(=O)CCn1c(=O)c(-c2cccc(F)c2Cl)cn(C(c2ccccc2)c2ccccc2)c1=O. The monoisotopic (exact) mass is 492 g/mol. The zero-order valence-corrected chi connectivity index (χ0v) is 19.6. The minimum Gasteiger partial charge on any atom is -0.469 e. The summed E-state index contributed by atoms with van der Waals surface area (Å²) in [7, 11) is 1.23. The molecule has 0 aliphatic carbocycles. The van der Waals surface area contributed by atoms with Crippen molar-refractivity contribution >= 4 is 17.6 Å². The van der Waals surface area contributed by atoms with Crippen molar-refractivity contribution in [3.05, 3.63) is 128 Å². The van der Waals surface area contributed by atoms with Crippen LogP contribution in [0.15, 0.2) is 94.6 Å². The van der Waals surface area contributed by atoms with Crippen molar-refractivity contribution < 1.29 is 13.9 Å². The largest absolute Gasteiger partial charge is 0.469 e. The third-order valence-electron chi connectivity index (χ3n) is 5.71. The number of aromatic nitrogens is 2. The van der Waals surface area contributed by atoms with Crippen LogP contribution >= 0.6 is 11.6 Å². The van der Waals surface area contributed by atoms with E-state index in [0.29, 0.717) is 0 Å². The highest BCUT2D eigenvalue weighted by Crippen LogP contribution is 2.30. The van der Waals surface area contributed by atoms with Gasteiger partial charge in [0.05, 0.1) is 30.2 Å². The van der Waals surface area contributed by atoms with Gasteiger partial charge in [-0.2, -0.15) is 0 Å². The highest BCUT2D eigenvalue weighted by Gasteiger charge is 2.23. The van der Waals surface area contributed by atoms with Gasteiger partial charge in [-0.3, -0.25) is 18.7 Å². The van der Waals surface area contributed by atoms with Gasteiger partial charge in [-0.1, -0.05) is 84.4 Å². The van der Waals surface area contributed by atoms with E-state index in [1.165, 1.54) is 36.1 Å². The zero-order chi connectivity index (χ0) is 24.9. The van der Waals surface area contributed by atoms with Crippen LogP contribution in [-0.2, 0) is 16.1 Å². The van der Waals surface area contributed by atoms with E-state index in [1.807, 2.05) is 60.7 Å². The number of nitrogens with zero attached hydrogens (tertiary/aromatic N) is 2. The van der Waals surface area contributed by atoms with Crippen LogP contribution in [0.2, 0.25) is 5.02 Å². The summed E-state index contributed by atoms with van der Waals surface area (Å²) in [5, 5.41) is -0.231. The van der Waals surface area contributed by atoms with Gasteiger partial charge in [0.1, 0.15) is 5.82 Å².